The Morgan fingerprint density at radius 1 is 1.13 bits per heavy atom. The van der Waals surface area contributed by atoms with E-state index < -0.39 is 0 Å². The fraction of sp³-hybridized carbons (Fsp3) is 0.0909. The molecule has 4 heteroatoms. The molecule has 0 unspecified atom stereocenters. The van der Waals surface area contributed by atoms with Gasteiger partial charge >= 0.3 is 0 Å². The Morgan fingerprint density at radius 2 is 2.00 bits per heavy atom. The summed E-state index contributed by atoms with van der Waals surface area (Å²) in [7, 11) is 0. The third kappa shape index (κ3) is 1.30. The second-order valence-electron chi connectivity index (χ2n) is 3.32. The summed E-state index contributed by atoms with van der Waals surface area (Å²) < 4.78 is 4.72. The van der Waals surface area contributed by atoms with E-state index >= 15 is 0 Å². The first kappa shape index (κ1) is 8.23. The Morgan fingerprint density at radius 3 is 2.87 bits per heavy atom. The van der Waals surface area contributed by atoms with Crippen LogP contribution in [-0.2, 0) is 0 Å². The first-order valence-electron chi connectivity index (χ1n) is 4.78. The van der Waals surface area contributed by atoms with Crippen LogP contribution in [0.15, 0.2) is 47.4 Å². The summed E-state index contributed by atoms with van der Waals surface area (Å²) >= 11 is 0. The van der Waals surface area contributed by atoms with Gasteiger partial charge in [0.2, 0.25) is 0 Å². The van der Waals surface area contributed by atoms with Crippen molar-refractivity contribution in [2.24, 2.45) is 0 Å². The Balaban J connectivity index is 2.17. The predicted molar refractivity (Wildman–Crippen MR) is 57.2 cm³/mol. The third-order valence-electron chi connectivity index (χ3n) is 2.35. The number of fused-ring (bicyclic) bond motifs is 1. The molecule has 3 rings (SSSR count). The van der Waals surface area contributed by atoms with Gasteiger partial charge in [0, 0.05) is 12.4 Å². The van der Waals surface area contributed by atoms with Crippen molar-refractivity contribution in [2.75, 3.05) is 4.90 Å². The van der Waals surface area contributed by atoms with Gasteiger partial charge in [-0.3, -0.25) is 0 Å². The Labute approximate surface area is 86.4 Å². The summed E-state index contributed by atoms with van der Waals surface area (Å²) in [6.07, 6.45) is 9.19. The average molecular weight is 199 g/mol. The van der Waals surface area contributed by atoms with Crippen LogP contribution in [0, 0.1) is 0 Å². The molecule has 0 radical (unpaired) electrons. The topological polar surface area (TPSA) is 42.2 Å². The molecule has 0 atom stereocenters. The highest BCUT2D eigenvalue weighted by atomic mass is 16.6. The van der Waals surface area contributed by atoms with E-state index in [1.165, 1.54) is 0 Å². The van der Waals surface area contributed by atoms with Gasteiger partial charge in [-0.25, -0.2) is 4.63 Å². The summed E-state index contributed by atoms with van der Waals surface area (Å²) in [6, 6.07) is 5.82. The van der Waals surface area contributed by atoms with E-state index in [1.54, 1.807) is 0 Å². The van der Waals surface area contributed by atoms with Crippen LogP contribution in [0.1, 0.15) is 6.42 Å². The standard InChI is InChI=1S/C11H9N3O/c1-2-7-14(8-3-1)10-6-4-5-9-11(10)13-15-12-9/h2-8H,1H2. The van der Waals surface area contributed by atoms with E-state index in [-0.39, 0.29) is 0 Å². The number of hydrogen-bond donors (Lipinski definition) is 0. The highest BCUT2D eigenvalue weighted by Gasteiger charge is 2.10. The molecule has 0 fully saturated rings. The van der Waals surface area contributed by atoms with Gasteiger partial charge in [0.05, 0.1) is 5.69 Å². The van der Waals surface area contributed by atoms with Crippen LogP contribution >= 0.6 is 0 Å². The van der Waals surface area contributed by atoms with E-state index in [0.717, 1.165) is 23.1 Å². The number of aromatic nitrogens is 2. The molecule has 0 aliphatic carbocycles. The van der Waals surface area contributed by atoms with Gasteiger partial charge in [-0.05, 0) is 28.9 Å². The second kappa shape index (κ2) is 3.24. The lowest BCUT2D eigenvalue weighted by molar-refractivity contribution is 0.315. The molecule has 1 aliphatic rings. The van der Waals surface area contributed by atoms with Gasteiger partial charge in [-0.2, -0.15) is 0 Å². The Hall–Kier alpha value is -2.10. The Bertz CT molecular complexity index is 530. The number of nitrogens with zero attached hydrogens (tertiary/aromatic N) is 3. The highest BCUT2D eigenvalue weighted by molar-refractivity contribution is 5.88. The summed E-state index contributed by atoms with van der Waals surface area (Å²) in [4.78, 5) is 2.01. The highest BCUT2D eigenvalue weighted by Crippen LogP contribution is 2.25. The van der Waals surface area contributed by atoms with Crippen LogP contribution in [0.25, 0.3) is 11.0 Å². The predicted octanol–water partition coefficient (Wildman–Crippen LogP) is 2.46. The third-order valence-corrected chi connectivity index (χ3v) is 2.35. The molecule has 2 heterocycles. The van der Waals surface area contributed by atoms with E-state index in [1.807, 2.05) is 35.5 Å². The van der Waals surface area contributed by atoms with Crippen molar-refractivity contribution in [3.63, 3.8) is 0 Å². The average Bonchev–Trinajstić information content (AvgIpc) is 2.78. The second-order valence-corrected chi connectivity index (χ2v) is 3.32. The maximum absolute atomic E-state index is 4.72. The van der Waals surface area contributed by atoms with Crippen LogP contribution in [0.5, 0.6) is 0 Å². The van der Waals surface area contributed by atoms with Gasteiger partial charge in [-0.15, -0.1) is 0 Å². The molecule has 0 spiro atoms. The molecule has 74 valence electrons. The monoisotopic (exact) mass is 199 g/mol. The lowest BCUT2D eigenvalue weighted by Crippen LogP contribution is -2.09. The summed E-state index contributed by atoms with van der Waals surface area (Å²) in [6.45, 7) is 0. The number of allylic oxidation sites excluding steroid dienone is 2. The van der Waals surface area contributed by atoms with Gasteiger partial charge in [0.15, 0.2) is 5.52 Å². The molecule has 1 aromatic heterocycles. The quantitative estimate of drug-likeness (QED) is 0.707. The largest absolute Gasteiger partial charge is 0.322 e. The lowest BCUT2D eigenvalue weighted by Gasteiger charge is -2.17. The van der Waals surface area contributed by atoms with E-state index in [9.17, 15) is 0 Å². The zero-order valence-electron chi connectivity index (χ0n) is 8.00. The zero-order chi connectivity index (χ0) is 10.1. The number of anilines is 1. The summed E-state index contributed by atoms with van der Waals surface area (Å²) in [5.41, 5.74) is 2.55. The fourth-order valence-electron chi connectivity index (χ4n) is 1.64. The maximum atomic E-state index is 4.72. The van der Waals surface area contributed by atoms with Gasteiger partial charge < -0.3 is 4.90 Å². The molecular weight excluding hydrogens is 190 g/mol. The molecule has 0 amide bonds. The molecule has 15 heavy (non-hydrogen) atoms. The van der Waals surface area contributed by atoms with Crippen LogP contribution in [-0.4, -0.2) is 10.3 Å². The molecule has 1 aliphatic heterocycles. The molecule has 0 bridgehead atoms. The van der Waals surface area contributed by atoms with Crippen molar-refractivity contribution in [2.45, 2.75) is 6.42 Å². The Kier molecular flexibility index (Phi) is 1.78. The van der Waals surface area contributed by atoms with Crippen molar-refractivity contribution >= 4 is 16.7 Å². The van der Waals surface area contributed by atoms with Crippen molar-refractivity contribution in [3.05, 3.63) is 42.8 Å². The maximum Gasteiger partial charge on any atom is 0.159 e. The normalized spacial score (nSPS) is 15.1. The minimum atomic E-state index is 0.778. The molecule has 4 nitrogen and oxygen atoms in total. The molecule has 2 aromatic rings. The van der Waals surface area contributed by atoms with E-state index in [0.29, 0.717) is 0 Å². The van der Waals surface area contributed by atoms with Crippen LogP contribution < -0.4 is 4.90 Å². The zero-order valence-corrected chi connectivity index (χ0v) is 8.00. The molecule has 0 saturated heterocycles. The lowest BCUT2D eigenvalue weighted by atomic mass is 10.2. The molecule has 0 saturated carbocycles. The van der Waals surface area contributed by atoms with Gasteiger partial charge in [0.25, 0.3) is 0 Å². The van der Waals surface area contributed by atoms with Crippen molar-refractivity contribution in [3.8, 4) is 0 Å². The van der Waals surface area contributed by atoms with Crippen molar-refractivity contribution in [1.82, 2.24) is 10.3 Å². The van der Waals surface area contributed by atoms with E-state index in [2.05, 4.69) is 22.5 Å². The van der Waals surface area contributed by atoms with Gasteiger partial charge in [-0.1, -0.05) is 18.2 Å². The summed E-state index contributed by atoms with van der Waals surface area (Å²) in [5.74, 6) is 0. The van der Waals surface area contributed by atoms with Crippen molar-refractivity contribution in [1.29, 1.82) is 0 Å². The number of benzene rings is 1. The van der Waals surface area contributed by atoms with Crippen molar-refractivity contribution < 1.29 is 4.63 Å². The molecular formula is C11H9N3O. The van der Waals surface area contributed by atoms with E-state index in [4.69, 9.17) is 4.63 Å². The first-order chi connectivity index (χ1) is 7.45. The van der Waals surface area contributed by atoms with Crippen LogP contribution in [0.2, 0.25) is 0 Å². The minimum Gasteiger partial charge on any atom is -0.322 e. The SMILES string of the molecule is C1=CN(c2cccc3nonc23)C=CC1. The van der Waals surface area contributed by atoms with Crippen LogP contribution in [0.3, 0.4) is 0 Å². The minimum absolute atomic E-state index is 0.778. The molecule has 0 N–H and O–H groups in total. The number of hydrogen-bond acceptors (Lipinski definition) is 4. The van der Waals surface area contributed by atoms with Gasteiger partial charge in [0.1, 0.15) is 5.52 Å². The smallest absolute Gasteiger partial charge is 0.159 e. The van der Waals surface area contributed by atoms with Crippen LogP contribution in [0.4, 0.5) is 5.69 Å². The number of rotatable bonds is 1. The first-order valence-corrected chi connectivity index (χ1v) is 4.78. The molecule has 1 aromatic carbocycles. The summed E-state index contributed by atoms with van der Waals surface area (Å²) in [5, 5.41) is 7.71. The fourth-order valence-corrected chi connectivity index (χ4v) is 1.64.